The first-order chi connectivity index (χ1) is 13.1. The maximum Gasteiger partial charge on any atom is 0.279 e. The third kappa shape index (κ3) is 7.19. The third-order valence-electron chi connectivity index (χ3n) is 3.65. The summed E-state index contributed by atoms with van der Waals surface area (Å²) in [6.07, 6.45) is -0.325. The van der Waals surface area contributed by atoms with E-state index in [9.17, 15) is 14.4 Å². The molecule has 0 fully saturated rings. The molecule has 0 saturated carbocycles. The van der Waals surface area contributed by atoms with E-state index in [1.165, 1.54) is 0 Å². The van der Waals surface area contributed by atoms with Crippen LogP contribution in [0.5, 0.6) is 5.75 Å². The molecule has 0 bridgehead atoms. The first-order valence-electron chi connectivity index (χ1n) is 8.73. The van der Waals surface area contributed by atoms with Crippen molar-refractivity contribution in [3.05, 3.63) is 60.7 Å². The maximum absolute atomic E-state index is 12.1. The maximum atomic E-state index is 12.1. The van der Waals surface area contributed by atoms with Crippen molar-refractivity contribution < 1.29 is 19.1 Å². The Labute approximate surface area is 158 Å². The molecule has 0 aliphatic heterocycles. The van der Waals surface area contributed by atoms with E-state index in [0.717, 1.165) is 0 Å². The first-order valence-corrected chi connectivity index (χ1v) is 8.73. The number of rotatable bonds is 8. The van der Waals surface area contributed by atoms with E-state index < -0.39 is 17.9 Å². The molecule has 0 radical (unpaired) electrons. The Morgan fingerprint density at radius 1 is 0.852 bits per heavy atom. The highest BCUT2D eigenvalue weighted by atomic mass is 16.5. The van der Waals surface area contributed by atoms with Gasteiger partial charge < -0.3 is 10.1 Å². The average molecular weight is 369 g/mol. The fourth-order valence-corrected chi connectivity index (χ4v) is 2.23. The first kappa shape index (κ1) is 20.0. The van der Waals surface area contributed by atoms with Crippen molar-refractivity contribution in [1.82, 2.24) is 10.9 Å². The number of hydrogen-bond acceptors (Lipinski definition) is 4. The number of carbonyl (C=O) groups excluding carboxylic acids is 3. The van der Waals surface area contributed by atoms with Crippen molar-refractivity contribution in [2.75, 3.05) is 5.32 Å². The zero-order valence-electron chi connectivity index (χ0n) is 15.1. The van der Waals surface area contributed by atoms with Crippen LogP contribution in [0.1, 0.15) is 26.2 Å². The van der Waals surface area contributed by atoms with Crippen molar-refractivity contribution in [3.8, 4) is 5.75 Å². The summed E-state index contributed by atoms with van der Waals surface area (Å²) in [5.41, 5.74) is 5.30. The van der Waals surface area contributed by atoms with Gasteiger partial charge in [0.05, 0.1) is 0 Å². The number of hydrogen-bond donors (Lipinski definition) is 3. The predicted octanol–water partition coefficient (Wildman–Crippen LogP) is 2.41. The smallest absolute Gasteiger partial charge is 0.279 e. The van der Waals surface area contributed by atoms with Crippen molar-refractivity contribution in [1.29, 1.82) is 0 Å². The van der Waals surface area contributed by atoms with Crippen LogP contribution in [0.4, 0.5) is 5.69 Å². The van der Waals surface area contributed by atoms with Gasteiger partial charge >= 0.3 is 0 Å². The SMILES string of the molecule is CCC(Oc1ccccc1)C(=O)NNC(=O)CCC(=O)Nc1ccccc1. The van der Waals surface area contributed by atoms with E-state index in [1.807, 2.05) is 31.2 Å². The summed E-state index contributed by atoms with van der Waals surface area (Å²) in [5.74, 6) is -0.616. The molecule has 0 saturated heterocycles. The predicted molar refractivity (Wildman–Crippen MR) is 102 cm³/mol. The molecule has 7 heteroatoms. The molecule has 2 aromatic rings. The number of carbonyl (C=O) groups is 3. The van der Waals surface area contributed by atoms with Gasteiger partial charge in [-0.15, -0.1) is 0 Å². The molecule has 3 amide bonds. The largest absolute Gasteiger partial charge is 0.481 e. The summed E-state index contributed by atoms with van der Waals surface area (Å²) in [7, 11) is 0. The van der Waals surface area contributed by atoms with Gasteiger partial charge in [0.25, 0.3) is 5.91 Å². The molecule has 27 heavy (non-hydrogen) atoms. The topological polar surface area (TPSA) is 96.5 Å². The minimum Gasteiger partial charge on any atom is -0.481 e. The summed E-state index contributed by atoms with van der Waals surface area (Å²) < 4.78 is 5.59. The summed E-state index contributed by atoms with van der Waals surface area (Å²) in [6.45, 7) is 1.81. The van der Waals surface area contributed by atoms with Gasteiger partial charge in [-0.25, -0.2) is 0 Å². The van der Waals surface area contributed by atoms with Crippen LogP contribution >= 0.6 is 0 Å². The molecule has 0 spiro atoms. The van der Waals surface area contributed by atoms with Crippen molar-refractivity contribution in [2.45, 2.75) is 32.3 Å². The Morgan fingerprint density at radius 2 is 1.44 bits per heavy atom. The molecule has 7 nitrogen and oxygen atoms in total. The minimum atomic E-state index is -0.728. The van der Waals surface area contributed by atoms with Gasteiger partial charge in [0.1, 0.15) is 5.75 Å². The Bertz CT molecular complexity index is 750. The molecule has 0 heterocycles. The molecule has 0 aliphatic rings. The third-order valence-corrected chi connectivity index (χ3v) is 3.65. The van der Waals surface area contributed by atoms with Gasteiger partial charge in [-0.3, -0.25) is 25.2 Å². The molecular weight excluding hydrogens is 346 g/mol. The van der Waals surface area contributed by atoms with Crippen LogP contribution in [0.3, 0.4) is 0 Å². The van der Waals surface area contributed by atoms with E-state index in [-0.39, 0.29) is 18.7 Å². The minimum absolute atomic E-state index is 0.00825. The van der Waals surface area contributed by atoms with Crippen LogP contribution in [0, 0.1) is 0 Å². The van der Waals surface area contributed by atoms with E-state index in [1.54, 1.807) is 36.4 Å². The Balaban J connectivity index is 1.70. The average Bonchev–Trinajstić information content (AvgIpc) is 2.70. The molecule has 2 aromatic carbocycles. The summed E-state index contributed by atoms with van der Waals surface area (Å²) in [4.78, 5) is 35.8. The van der Waals surface area contributed by atoms with E-state index in [4.69, 9.17) is 4.74 Å². The molecule has 2 rings (SSSR count). The van der Waals surface area contributed by atoms with Crippen LogP contribution in [-0.2, 0) is 14.4 Å². The number of nitrogens with one attached hydrogen (secondary N) is 3. The second kappa shape index (κ2) is 10.6. The van der Waals surface area contributed by atoms with E-state index >= 15 is 0 Å². The normalized spacial score (nSPS) is 11.1. The molecule has 3 N–H and O–H groups in total. The number of para-hydroxylation sites is 2. The second-order valence-electron chi connectivity index (χ2n) is 5.78. The zero-order chi connectivity index (χ0) is 19.5. The lowest BCUT2D eigenvalue weighted by Crippen LogP contribution is -2.48. The monoisotopic (exact) mass is 369 g/mol. The van der Waals surface area contributed by atoms with Crippen molar-refractivity contribution in [3.63, 3.8) is 0 Å². The van der Waals surface area contributed by atoms with Crippen LogP contribution in [0.2, 0.25) is 0 Å². The molecular formula is C20H23N3O4. The van der Waals surface area contributed by atoms with E-state index in [2.05, 4.69) is 16.2 Å². The van der Waals surface area contributed by atoms with Crippen LogP contribution < -0.4 is 20.9 Å². The van der Waals surface area contributed by atoms with Gasteiger partial charge in [-0.1, -0.05) is 43.3 Å². The van der Waals surface area contributed by atoms with E-state index in [0.29, 0.717) is 17.9 Å². The quantitative estimate of drug-likeness (QED) is 0.623. The standard InChI is InChI=1S/C20H23N3O4/c1-2-17(27-16-11-7-4-8-12-16)20(26)23-22-19(25)14-13-18(24)21-15-9-5-3-6-10-15/h3-12,17H,2,13-14H2,1H3,(H,21,24)(H,22,25)(H,23,26). The Hall–Kier alpha value is -3.35. The number of ether oxygens (including phenoxy) is 1. The van der Waals surface area contributed by atoms with Gasteiger partial charge in [0, 0.05) is 18.5 Å². The Kier molecular flexibility index (Phi) is 7.84. The van der Waals surface area contributed by atoms with Crippen molar-refractivity contribution in [2.24, 2.45) is 0 Å². The fraction of sp³-hybridized carbons (Fsp3) is 0.250. The van der Waals surface area contributed by atoms with Crippen LogP contribution in [0.15, 0.2) is 60.7 Å². The lowest BCUT2D eigenvalue weighted by molar-refractivity contribution is -0.133. The summed E-state index contributed by atoms with van der Waals surface area (Å²) >= 11 is 0. The van der Waals surface area contributed by atoms with Crippen molar-refractivity contribution >= 4 is 23.4 Å². The highest BCUT2D eigenvalue weighted by molar-refractivity contribution is 5.93. The van der Waals surface area contributed by atoms with Gasteiger partial charge in [-0.05, 0) is 30.7 Å². The number of amides is 3. The molecule has 1 atom stereocenters. The molecule has 0 aromatic heterocycles. The summed E-state index contributed by atoms with van der Waals surface area (Å²) in [5, 5.41) is 2.69. The van der Waals surface area contributed by atoms with Gasteiger partial charge in [0.2, 0.25) is 11.8 Å². The van der Waals surface area contributed by atoms with Gasteiger partial charge in [-0.2, -0.15) is 0 Å². The second-order valence-corrected chi connectivity index (χ2v) is 5.78. The summed E-state index contributed by atoms with van der Waals surface area (Å²) in [6, 6.07) is 17.9. The highest BCUT2D eigenvalue weighted by Gasteiger charge is 2.19. The number of benzene rings is 2. The fourth-order valence-electron chi connectivity index (χ4n) is 2.23. The Morgan fingerprint density at radius 3 is 2.07 bits per heavy atom. The lowest BCUT2D eigenvalue weighted by Gasteiger charge is -2.17. The molecule has 1 unspecified atom stereocenters. The lowest BCUT2D eigenvalue weighted by atomic mass is 10.2. The van der Waals surface area contributed by atoms with Crippen LogP contribution in [0.25, 0.3) is 0 Å². The molecule has 142 valence electrons. The van der Waals surface area contributed by atoms with Gasteiger partial charge in [0.15, 0.2) is 6.10 Å². The zero-order valence-corrected chi connectivity index (χ0v) is 15.1. The van der Waals surface area contributed by atoms with Crippen LogP contribution in [-0.4, -0.2) is 23.8 Å². The number of hydrazine groups is 1. The highest BCUT2D eigenvalue weighted by Crippen LogP contribution is 2.12. The molecule has 0 aliphatic carbocycles. The number of anilines is 1.